The van der Waals surface area contributed by atoms with Crippen molar-refractivity contribution in [2.24, 2.45) is 0 Å². The molecule has 0 aromatic rings. The summed E-state index contributed by atoms with van der Waals surface area (Å²) in [6.45, 7) is 6.65. The maximum absolute atomic E-state index is 12.9. The molecule has 76 heavy (non-hydrogen) atoms. The molecule has 0 spiro atoms. The van der Waals surface area contributed by atoms with Crippen LogP contribution in [0.2, 0.25) is 0 Å². The molecule has 0 bridgehead atoms. The maximum atomic E-state index is 12.9. The monoisotopic (exact) mass is 1070 g/mol. The van der Waals surface area contributed by atoms with E-state index in [4.69, 9.17) is 14.2 Å². The Morgan fingerprint density at radius 2 is 0.474 bits per heavy atom. The molecule has 0 saturated carbocycles. The third-order valence-corrected chi connectivity index (χ3v) is 15.4. The van der Waals surface area contributed by atoms with Crippen molar-refractivity contribution in [2.75, 3.05) is 13.2 Å². The van der Waals surface area contributed by atoms with Crippen LogP contribution in [0.5, 0.6) is 0 Å². The molecule has 0 aliphatic carbocycles. The fourth-order valence-electron chi connectivity index (χ4n) is 10.2. The van der Waals surface area contributed by atoms with Crippen molar-refractivity contribution in [3.05, 3.63) is 36.5 Å². The lowest BCUT2D eigenvalue weighted by atomic mass is 10.0. The SMILES string of the molecule is CCCCC/C=C\C/C=C\CCCCCCCCCC(=O)OC(COC(=O)CCCCCCCCCCCC)COC(=O)CCCCCCCCCCCCCCCCCCCCC/C=C\CCCCCCCCCC. The molecule has 0 fully saturated rings. The highest BCUT2D eigenvalue weighted by Crippen LogP contribution is 2.18. The summed E-state index contributed by atoms with van der Waals surface area (Å²) in [6, 6.07) is 0. The summed E-state index contributed by atoms with van der Waals surface area (Å²) in [5, 5.41) is 0. The number of carbonyl (C=O) groups is 3. The maximum Gasteiger partial charge on any atom is 0.306 e. The van der Waals surface area contributed by atoms with E-state index in [0.717, 1.165) is 70.6 Å². The number of hydrogen-bond donors (Lipinski definition) is 0. The molecule has 0 radical (unpaired) electrons. The van der Waals surface area contributed by atoms with Crippen LogP contribution in [0, 0.1) is 0 Å². The summed E-state index contributed by atoms with van der Waals surface area (Å²) in [5.41, 5.74) is 0. The van der Waals surface area contributed by atoms with E-state index < -0.39 is 6.10 Å². The first-order valence-corrected chi connectivity index (χ1v) is 34.0. The quantitative estimate of drug-likeness (QED) is 0.0261. The molecule has 0 aromatic carbocycles. The Bertz CT molecular complexity index is 1270. The molecule has 0 N–H and O–H groups in total. The molecule has 0 heterocycles. The molecular formula is C70H130O6. The Labute approximate surface area is 474 Å². The van der Waals surface area contributed by atoms with Crippen LogP contribution in [-0.2, 0) is 28.6 Å². The summed E-state index contributed by atoms with van der Waals surface area (Å²) in [5.74, 6) is -0.856. The Morgan fingerprint density at radius 3 is 0.763 bits per heavy atom. The van der Waals surface area contributed by atoms with Crippen molar-refractivity contribution in [3.8, 4) is 0 Å². The van der Waals surface area contributed by atoms with Crippen LogP contribution < -0.4 is 0 Å². The van der Waals surface area contributed by atoms with E-state index in [1.54, 1.807) is 0 Å². The number of ether oxygens (including phenoxy) is 3. The molecule has 0 rings (SSSR count). The van der Waals surface area contributed by atoms with E-state index in [2.05, 4.69) is 57.2 Å². The van der Waals surface area contributed by atoms with Crippen LogP contribution in [0.1, 0.15) is 374 Å². The zero-order valence-electron chi connectivity index (χ0n) is 51.3. The zero-order chi connectivity index (χ0) is 55.0. The van der Waals surface area contributed by atoms with Crippen LogP contribution in [0.25, 0.3) is 0 Å². The highest BCUT2D eigenvalue weighted by atomic mass is 16.6. The van der Waals surface area contributed by atoms with Crippen molar-refractivity contribution in [3.63, 3.8) is 0 Å². The minimum Gasteiger partial charge on any atom is -0.462 e. The second-order valence-electron chi connectivity index (χ2n) is 23.1. The lowest BCUT2D eigenvalue weighted by Gasteiger charge is -2.18. The normalized spacial score (nSPS) is 12.2. The lowest BCUT2D eigenvalue weighted by molar-refractivity contribution is -0.167. The second-order valence-corrected chi connectivity index (χ2v) is 23.1. The molecule has 6 heteroatoms. The van der Waals surface area contributed by atoms with E-state index in [1.165, 1.54) is 263 Å². The largest absolute Gasteiger partial charge is 0.462 e. The van der Waals surface area contributed by atoms with Gasteiger partial charge in [0.15, 0.2) is 6.10 Å². The van der Waals surface area contributed by atoms with Gasteiger partial charge in [-0.25, -0.2) is 0 Å². The van der Waals surface area contributed by atoms with Crippen molar-refractivity contribution in [1.82, 2.24) is 0 Å². The topological polar surface area (TPSA) is 78.9 Å². The predicted molar refractivity (Wildman–Crippen MR) is 330 cm³/mol. The van der Waals surface area contributed by atoms with Crippen LogP contribution >= 0.6 is 0 Å². The zero-order valence-corrected chi connectivity index (χ0v) is 51.3. The average molecular weight is 1070 g/mol. The fourth-order valence-corrected chi connectivity index (χ4v) is 10.2. The Balaban J connectivity index is 4.08. The van der Waals surface area contributed by atoms with Crippen molar-refractivity contribution in [1.29, 1.82) is 0 Å². The second kappa shape index (κ2) is 65.2. The van der Waals surface area contributed by atoms with Crippen LogP contribution in [0.3, 0.4) is 0 Å². The van der Waals surface area contributed by atoms with Gasteiger partial charge in [-0.15, -0.1) is 0 Å². The first kappa shape index (κ1) is 73.6. The van der Waals surface area contributed by atoms with E-state index in [0.29, 0.717) is 19.3 Å². The third-order valence-electron chi connectivity index (χ3n) is 15.4. The average Bonchev–Trinajstić information content (AvgIpc) is 3.42. The van der Waals surface area contributed by atoms with Gasteiger partial charge in [0, 0.05) is 19.3 Å². The minimum atomic E-state index is -0.772. The molecule has 0 aromatic heterocycles. The molecule has 1 unspecified atom stereocenters. The summed E-state index contributed by atoms with van der Waals surface area (Å²) in [7, 11) is 0. The van der Waals surface area contributed by atoms with Crippen molar-refractivity contribution in [2.45, 2.75) is 380 Å². The molecule has 0 amide bonds. The van der Waals surface area contributed by atoms with Gasteiger partial charge in [-0.2, -0.15) is 0 Å². The predicted octanol–water partition coefficient (Wildman–Crippen LogP) is 23.2. The Kier molecular flexibility index (Phi) is 63.1. The number of allylic oxidation sites excluding steroid dienone is 6. The number of hydrogen-bond acceptors (Lipinski definition) is 6. The van der Waals surface area contributed by atoms with Crippen LogP contribution in [0.15, 0.2) is 36.5 Å². The third kappa shape index (κ3) is 62.5. The first-order valence-electron chi connectivity index (χ1n) is 34.0. The van der Waals surface area contributed by atoms with Crippen LogP contribution in [0.4, 0.5) is 0 Å². The first-order chi connectivity index (χ1) is 37.5. The summed E-state index contributed by atoms with van der Waals surface area (Å²) < 4.78 is 16.9. The highest BCUT2D eigenvalue weighted by molar-refractivity contribution is 5.71. The molecule has 446 valence electrons. The van der Waals surface area contributed by atoms with E-state index in [-0.39, 0.29) is 31.1 Å². The Morgan fingerprint density at radius 1 is 0.263 bits per heavy atom. The lowest BCUT2D eigenvalue weighted by Crippen LogP contribution is -2.30. The Hall–Kier alpha value is -2.37. The fraction of sp³-hybridized carbons (Fsp3) is 0.871. The van der Waals surface area contributed by atoms with Gasteiger partial charge < -0.3 is 14.2 Å². The minimum absolute atomic E-state index is 0.0703. The summed E-state index contributed by atoms with van der Waals surface area (Å²) >= 11 is 0. The van der Waals surface area contributed by atoms with Gasteiger partial charge in [0.25, 0.3) is 0 Å². The van der Waals surface area contributed by atoms with E-state index in [9.17, 15) is 14.4 Å². The van der Waals surface area contributed by atoms with Gasteiger partial charge in [0.05, 0.1) is 0 Å². The van der Waals surface area contributed by atoms with Gasteiger partial charge in [0.2, 0.25) is 0 Å². The summed E-state index contributed by atoms with van der Waals surface area (Å²) in [4.78, 5) is 38.2. The standard InChI is InChI=1S/C70H130O6/c1-4-7-10-13-16-19-22-24-26-28-29-30-31-32-33-34-35-36-37-38-39-40-41-43-44-46-48-51-54-57-60-63-69(72)75-66-67(65-74-68(71)62-59-56-53-50-21-18-15-12-9-6-3)76-70(73)64-61-58-55-52-49-47-45-42-27-25-23-20-17-14-11-8-5-2/h17,20,25,27-29,67H,4-16,18-19,21-24,26,30-66H2,1-3H3/b20-17-,27-25-,29-28-. The molecule has 6 nitrogen and oxygen atoms in total. The molecule has 0 aliphatic heterocycles. The van der Waals surface area contributed by atoms with Gasteiger partial charge >= 0.3 is 17.9 Å². The number of rotatable bonds is 63. The van der Waals surface area contributed by atoms with E-state index in [1.807, 2.05) is 0 Å². The van der Waals surface area contributed by atoms with Gasteiger partial charge in [-0.05, 0) is 77.0 Å². The number of unbranched alkanes of at least 4 members (excludes halogenated alkanes) is 46. The molecular weight excluding hydrogens is 937 g/mol. The molecule has 1 atom stereocenters. The van der Waals surface area contributed by atoms with Gasteiger partial charge in [-0.3, -0.25) is 14.4 Å². The summed E-state index contributed by atoms with van der Waals surface area (Å²) in [6.07, 6.45) is 80.4. The molecule has 0 aliphatic rings. The van der Waals surface area contributed by atoms with Gasteiger partial charge in [-0.1, -0.05) is 314 Å². The van der Waals surface area contributed by atoms with Crippen LogP contribution in [-0.4, -0.2) is 37.2 Å². The number of carbonyl (C=O) groups excluding carboxylic acids is 3. The number of esters is 3. The van der Waals surface area contributed by atoms with E-state index >= 15 is 0 Å². The smallest absolute Gasteiger partial charge is 0.306 e. The molecule has 0 saturated heterocycles. The van der Waals surface area contributed by atoms with Crippen molar-refractivity contribution < 1.29 is 28.6 Å². The van der Waals surface area contributed by atoms with Crippen molar-refractivity contribution >= 4 is 17.9 Å². The highest BCUT2D eigenvalue weighted by Gasteiger charge is 2.19. The van der Waals surface area contributed by atoms with Gasteiger partial charge in [0.1, 0.15) is 13.2 Å².